The molecule has 0 aliphatic carbocycles. The van der Waals surface area contributed by atoms with Crippen molar-refractivity contribution in [3.63, 3.8) is 0 Å². The predicted octanol–water partition coefficient (Wildman–Crippen LogP) is 1.71. The number of imidazole rings is 1. The summed E-state index contributed by atoms with van der Waals surface area (Å²) < 4.78 is 3.69. The second-order valence-corrected chi connectivity index (χ2v) is 5.38. The Kier molecular flexibility index (Phi) is 5.26. The van der Waals surface area contributed by atoms with Gasteiger partial charge >= 0.3 is 0 Å². The Labute approximate surface area is 123 Å². The van der Waals surface area contributed by atoms with Gasteiger partial charge in [0, 0.05) is 32.6 Å². The summed E-state index contributed by atoms with van der Waals surface area (Å²) in [5, 5.41) is 21.8. The van der Waals surface area contributed by atoms with Gasteiger partial charge in [-0.25, -0.2) is 4.98 Å². The molecule has 0 amide bonds. The smallest absolute Gasteiger partial charge is 0.300 e. The largest absolute Gasteiger partial charge is 0.481 e. The van der Waals surface area contributed by atoms with Crippen molar-refractivity contribution in [1.82, 2.24) is 19.3 Å². The number of aliphatic hydroxyl groups is 1. The molecule has 0 saturated carbocycles. The van der Waals surface area contributed by atoms with Crippen molar-refractivity contribution < 1.29 is 15.0 Å². The van der Waals surface area contributed by atoms with Gasteiger partial charge in [0.05, 0.1) is 11.6 Å². The van der Waals surface area contributed by atoms with Crippen LogP contribution in [0, 0.1) is 0 Å². The van der Waals surface area contributed by atoms with Crippen molar-refractivity contribution in [3.05, 3.63) is 24.7 Å². The lowest BCUT2D eigenvalue weighted by atomic mass is 10.0. The molecule has 0 bridgehead atoms. The zero-order valence-corrected chi connectivity index (χ0v) is 13.0. The number of rotatable bonds is 3. The highest BCUT2D eigenvalue weighted by Gasteiger charge is 2.26. The number of aromatic nitrogens is 4. The van der Waals surface area contributed by atoms with Gasteiger partial charge in [0.2, 0.25) is 0 Å². The maximum Gasteiger partial charge on any atom is 0.300 e. The minimum absolute atomic E-state index is 0.0676. The maximum atomic E-state index is 10.1. The summed E-state index contributed by atoms with van der Waals surface area (Å²) >= 11 is 0. The van der Waals surface area contributed by atoms with Gasteiger partial charge in [0.1, 0.15) is 5.69 Å². The summed E-state index contributed by atoms with van der Waals surface area (Å²) in [5.74, 6) is -0.0553. The van der Waals surface area contributed by atoms with E-state index in [4.69, 9.17) is 9.90 Å². The van der Waals surface area contributed by atoms with Crippen LogP contribution in [0.15, 0.2) is 24.7 Å². The normalized spacial score (nSPS) is 12.5. The number of nitrogens with zero attached hydrogens (tertiary/aromatic N) is 4. The number of carbonyl (C=O) groups is 1. The summed E-state index contributed by atoms with van der Waals surface area (Å²) in [4.78, 5) is 13.3. The molecule has 2 heterocycles. The molecule has 7 heteroatoms. The molecule has 0 aliphatic rings. The second-order valence-electron chi connectivity index (χ2n) is 5.38. The highest BCUT2D eigenvalue weighted by atomic mass is 16.4. The van der Waals surface area contributed by atoms with Gasteiger partial charge in [-0.3, -0.25) is 9.48 Å². The zero-order chi connectivity index (χ0) is 16.2. The van der Waals surface area contributed by atoms with Crippen molar-refractivity contribution in [3.8, 4) is 11.5 Å². The Morgan fingerprint density at radius 1 is 1.38 bits per heavy atom. The van der Waals surface area contributed by atoms with E-state index in [0.717, 1.165) is 18.4 Å². The van der Waals surface area contributed by atoms with Crippen molar-refractivity contribution in [2.45, 2.75) is 39.3 Å². The van der Waals surface area contributed by atoms with E-state index >= 15 is 0 Å². The monoisotopic (exact) mass is 294 g/mol. The lowest BCUT2D eigenvalue weighted by Crippen LogP contribution is -2.31. The molecular formula is C14H22N4O3. The highest BCUT2D eigenvalue weighted by molar-refractivity contribution is 5.62. The third-order valence-electron chi connectivity index (χ3n) is 3.05. The van der Waals surface area contributed by atoms with Crippen LogP contribution >= 0.6 is 0 Å². The molecule has 116 valence electrons. The Morgan fingerprint density at radius 2 is 1.95 bits per heavy atom. The van der Waals surface area contributed by atoms with Crippen LogP contribution in [0.2, 0.25) is 0 Å². The van der Waals surface area contributed by atoms with E-state index in [9.17, 15) is 5.11 Å². The predicted molar refractivity (Wildman–Crippen MR) is 78.7 cm³/mol. The molecule has 7 nitrogen and oxygen atoms in total. The molecule has 0 aromatic carbocycles. The second kappa shape index (κ2) is 6.53. The number of carboxylic acid groups (broad SMARTS) is 1. The van der Waals surface area contributed by atoms with Crippen LogP contribution in [0.3, 0.4) is 0 Å². The molecule has 0 saturated heterocycles. The number of hydrogen-bond acceptors (Lipinski definition) is 4. The minimum Gasteiger partial charge on any atom is -0.481 e. The van der Waals surface area contributed by atoms with Crippen molar-refractivity contribution in [2.24, 2.45) is 7.05 Å². The van der Waals surface area contributed by atoms with Crippen LogP contribution in [0.5, 0.6) is 0 Å². The number of hydrogen-bond donors (Lipinski definition) is 2. The third kappa shape index (κ3) is 4.71. The van der Waals surface area contributed by atoms with Crippen LogP contribution in [0.25, 0.3) is 11.5 Å². The van der Waals surface area contributed by atoms with Crippen LogP contribution in [-0.2, 0) is 11.8 Å². The lowest BCUT2D eigenvalue weighted by Gasteiger charge is -2.28. The lowest BCUT2D eigenvalue weighted by molar-refractivity contribution is -0.134. The topological polar surface area (TPSA) is 93.2 Å². The van der Waals surface area contributed by atoms with Crippen molar-refractivity contribution in [1.29, 1.82) is 0 Å². The highest BCUT2D eigenvalue weighted by Crippen LogP contribution is 2.26. The number of carboxylic acids is 1. The molecular weight excluding hydrogens is 272 g/mol. The first-order chi connectivity index (χ1) is 9.62. The fourth-order valence-electron chi connectivity index (χ4n) is 1.70. The number of aryl methyl sites for hydroxylation is 1. The average molecular weight is 294 g/mol. The SMILES string of the molecule is CC(=O)O.CC(n1ccnc1-c1ccn(C)n1)C(C)(C)O. The van der Waals surface area contributed by atoms with E-state index in [-0.39, 0.29) is 6.04 Å². The summed E-state index contributed by atoms with van der Waals surface area (Å²) in [7, 11) is 1.87. The van der Waals surface area contributed by atoms with Crippen LogP contribution in [0.4, 0.5) is 0 Å². The van der Waals surface area contributed by atoms with E-state index in [0.29, 0.717) is 0 Å². The molecule has 0 aliphatic heterocycles. The molecule has 1 unspecified atom stereocenters. The summed E-state index contributed by atoms with van der Waals surface area (Å²) in [6.07, 6.45) is 5.47. The van der Waals surface area contributed by atoms with E-state index in [1.54, 1.807) is 24.7 Å². The Bertz CT molecular complexity index is 591. The van der Waals surface area contributed by atoms with Gasteiger partial charge in [-0.2, -0.15) is 5.10 Å². The first-order valence-electron chi connectivity index (χ1n) is 6.57. The molecule has 2 N–H and O–H groups in total. The van der Waals surface area contributed by atoms with E-state index in [1.807, 2.05) is 37.0 Å². The van der Waals surface area contributed by atoms with E-state index < -0.39 is 11.6 Å². The van der Waals surface area contributed by atoms with Gasteiger partial charge in [-0.1, -0.05) is 0 Å². The van der Waals surface area contributed by atoms with Gasteiger partial charge in [-0.15, -0.1) is 0 Å². The minimum atomic E-state index is -0.833. The van der Waals surface area contributed by atoms with Crippen molar-refractivity contribution >= 4 is 5.97 Å². The van der Waals surface area contributed by atoms with Gasteiger partial charge in [-0.05, 0) is 26.8 Å². The molecule has 0 radical (unpaired) electrons. The molecule has 1 atom stereocenters. The molecule has 0 fully saturated rings. The summed E-state index contributed by atoms with van der Waals surface area (Å²) in [6, 6.07) is 1.85. The van der Waals surface area contributed by atoms with Gasteiger partial charge in [0.15, 0.2) is 5.82 Å². The number of aliphatic carboxylic acids is 1. The molecule has 21 heavy (non-hydrogen) atoms. The molecule has 0 spiro atoms. The zero-order valence-electron chi connectivity index (χ0n) is 13.0. The van der Waals surface area contributed by atoms with Gasteiger partial charge < -0.3 is 14.8 Å². The fourth-order valence-corrected chi connectivity index (χ4v) is 1.70. The fraction of sp³-hybridized carbons (Fsp3) is 0.500. The summed E-state index contributed by atoms with van der Waals surface area (Å²) in [5.41, 5.74) is 0.0122. The van der Waals surface area contributed by atoms with E-state index in [2.05, 4.69) is 10.1 Å². The molecule has 2 aromatic heterocycles. The van der Waals surface area contributed by atoms with Gasteiger partial charge in [0.25, 0.3) is 5.97 Å². The van der Waals surface area contributed by atoms with Crippen LogP contribution < -0.4 is 0 Å². The van der Waals surface area contributed by atoms with Crippen LogP contribution in [0.1, 0.15) is 33.7 Å². The average Bonchev–Trinajstić information content (AvgIpc) is 2.93. The standard InChI is InChI=1S/C12H18N4O.C2H4O2/c1-9(12(2,3)17)16-8-6-13-11(16)10-5-7-15(4)14-10;1-2(3)4/h5-9,17H,1-4H3;1H3,(H,3,4). The van der Waals surface area contributed by atoms with Crippen molar-refractivity contribution in [2.75, 3.05) is 0 Å². The first kappa shape index (κ1) is 16.9. The molecule has 2 rings (SSSR count). The summed E-state index contributed by atoms with van der Waals surface area (Å²) in [6.45, 7) is 6.63. The quantitative estimate of drug-likeness (QED) is 0.898. The maximum absolute atomic E-state index is 10.1. The van der Waals surface area contributed by atoms with Crippen LogP contribution in [-0.4, -0.2) is 41.1 Å². The third-order valence-corrected chi connectivity index (χ3v) is 3.05. The first-order valence-corrected chi connectivity index (χ1v) is 6.57. The van der Waals surface area contributed by atoms with E-state index in [1.165, 1.54) is 0 Å². The Hall–Kier alpha value is -2.15. The molecule has 2 aromatic rings. The Balaban J connectivity index is 0.000000491. The Morgan fingerprint density at radius 3 is 2.38 bits per heavy atom.